The highest BCUT2D eigenvalue weighted by molar-refractivity contribution is 9.10. The van der Waals surface area contributed by atoms with Crippen molar-refractivity contribution in [3.8, 4) is 0 Å². The van der Waals surface area contributed by atoms with Crippen molar-refractivity contribution >= 4 is 31.9 Å². The van der Waals surface area contributed by atoms with E-state index < -0.39 is 10.0 Å². The number of sulfonamides is 1. The Morgan fingerprint density at radius 2 is 1.80 bits per heavy atom. The maximum absolute atomic E-state index is 12.6. The molecule has 25 heavy (non-hydrogen) atoms. The zero-order valence-electron chi connectivity index (χ0n) is 14.3. The van der Waals surface area contributed by atoms with Crippen molar-refractivity contribution in [2.75, 3.05) is 6.54 Å². The molecule has 0 aromatic heterocycles. The van der Waals surface area contributed by atoms with Crippen LogP contribution in [0.2, 0.25) is 0 Å². The summed E-state index contributed by atoms with van der Waals surface area (Å²) < 4.78 is 27.7. The average Bonchev–Trinajstić information content (AvgIpc) is 2.55. The van der Waals surface area contributed by atoms with E-state index in [1.165, 1.54) is 12.1 Å². The van der Waals surface area contributed by atoms with Crippen LogP contribution < -0.4 is 10.0 Å². The van der Waals surface area contributed by atoms with E-state index in [1.807, 2.05) is 31.2 Å². The van der Waals surface area contributed by atoms with E-state index in [0.717, 1.165) is 15.6 Å². The van der Waals surface area contributed by atoms with E-state index in [1.54, 1.807) is 19.9 Å². The molecule has 0 aliphatic rings. The van der Waals surface area contributed by atoms with Gasteiger partial charge in [-0.1, -0.05) is 41.1 Å². The van der Waals surface area contributed by atoms with Gasteiger partial charge in [-0.3, -0.25) is 4.79 Å². The van der Waals surface area contributed by atoms with Crippen molar-refractivity contribution in [3.05, 3.63) is 63.6 Å². The highest BCUT2D eigenvalue weighted by Crippen LogP contribution is 2.19. The number of rotatable bonds is 6. The van der Waals surface area contributed by atoms with Crippen molar-refractivity contribution in [2.45, 2.75) is 31.7 Å². The van der Waals surface area contributed by atoms with Crippen LogP contribution in [0.15, 0.2) is 51.8 Å². The molecule has 1 amide bonds. The van der Waals surface area contributed by atoms with Crippen LogP contribution in [0.5, 0.6) is 0 Å². The van der Waals surface area contributed by atoms with Crippen LogP contribution >= 0.6 is 15.9 Å². The fraction of sp³-hybridized carbons (Fsp3) is 0.278. The molecular formula is C18H21BrN2O3S. The van der Waals surface area contributed by atoms with Crippen molar-refractivity contribution in [2.24, 2.45) is 0 Å². The molecule has 1 atom stereocenters. The highest BCUT2D eigenvalue weighted by atomic mass is 79.9. The van der Waals surface area contributed by atoms with E-state index in [0.29, 0.717) is 12.1 Å². The number of halogens is 1. The first-order chi connectivity index (χ1) is 11.7. The van der Waals surface area contributed by atoms with Gasteiger partial charge in [0.25, 0.3) is 5.91 Å². The van der Waals surface area contributed by atoms with E-state index in [-0.39, 0.29) is 16.8 Å². The maximum atomic E-state index is 12.6. The number of aryl methyl sites for hydroxylation is 1. The van der Waals surface area contributed by atoms with Gasteiger partial charge in [-0.05, 0) is 49.2 Å². The first-order valence-electron chi connectivity index (χ1n) is 7.91. The lowest BCUT2D eigenvalue weighted by molar-refractivity contribution is 0.0939. The van der Waals surface area contributed by atoms with Gasteiger partial charge in [0, 0.05) is 16.6 Å². The third kappa shape index (κ3) is 4.90. The summed E-state index contributed by atoms with van der Waals surface area (Å²) in [5, 5.41) is 2.91. The molecule has 2 aromatic rings. The fourth-order valence-electron chi connectivity index (χ4n) is 2.40. The summed E-state index contributed by atoms with van der Waals surface area (Å²) >= 11 is 3.38. The normalized spacial score (nSPS) is 12.6. The monoisotopic (exact) mass is 424 g/mol. The third-order valence-electron chi connectivity index (χ3n) is 3.82. The average molecular weight is 425 g/mol. The molecule has 0 aliphatic heterocycles. The SMILES string of the molecule is CCNS(=O)(=O)c1ccc(C)c(C(=O)NC(C)c2ccc(Br)cc2)c1. The molecule has 1 unspecified atom stereocenters. The lowest BCUT2D eigenvalue weighted by Gasteiger charge is -2.16. The minimum absolute atomic E-state index is 0.0846. The summed E-state index contributed by atoms with van der Waals surface area (Å²) in [6.45, 7) is 5.66. The Morgan fingerprint density at radius 1 is 1.16 bits per heavy atom. The number of benzene rings is 2. The number of carbonyl (C=O) groups is 1. The molecular weight excluding hydrogens is 404 g/mol. The van der Waals surface area contributed by atoms with Crippen LogP contribution in [0.1, 0.15) is 41.4 Å². The quantitative estimate of drug-likeness (QED) is 0.744. The first-order valence-corrected chi connectivity index (χ1v) is 10.2. The Morgan fingerprint density at radius 3 is 2.40 bits per heavy atom. The zero-order valence-corrected chi connectivity index (χ0v) is 16.7. The van der Waals surface area contributed by atoms with Gasteiger partial charge in [-0.25, -0.2) is 13.1 Å². The Kier molecular flexibility index (Phi) is 6.37. The zero-order chi connectivity index (χ0) is 18.6. The molecule has 2 rings (SSSR count). The van der Waals surface area contributed by atoms with Crippen molar-refractivity contribution in [1.29, 1.82) is 0 Å². The predicted molar refractivity (Wildman–Crippen MR) is 102 cm³/mol. The molecule has 0 aliphatic carbocycles. The van der Waals surface area contributed by atoms with Crippen LogP contribution in [-0.2, 0) is 10.0 Å². The maximum Gasteiger partial charge on any atom is 0.252 e. The largest absolute Gasteiger partial charge is 0.346 e. The fourth-order valence-corrected chi connectivity index (χ4v) is 3.73. The first kappa shape index (κ1) is 19.6. The molecule has 5 nitrogen and oxygen atoms in total. The van der Waals surface area contributed by atoms with Crippen molar-refractivity contribution in [1.82, 2.24) is 10.0 Å². The van der Waals surface area contributed by atoms with E-state index >= 15 is 0 Å². The van der Waals surface area contributed by atoms with E-state index in [9.17, 15) is 13.2 Å². The molecule has 2 N–H and O–H groups in total. The van der Waals surface area contributed by atoms with Crippen molar-refractivity contribution in [3.63, 3.8) is 0 Å². The molecule has 0 saturated heterocycles. The second kappa shape index (κ2) is 8.12. The predicted octanol–water partition coefficient (Wildman–Crippen LogP) is 3.55. The molecule has 0 spiro atoms. The van der Waals surface area contributed by atoms with Gasteiger partial charge < -0.3 is 5.32 Å². The summed E-state index contributed by atoms with van der Waals surface area (Å²) in [4.78, 5) is 12.7. The van der Waals surface area contributed by atoms with Gasteiger partial charge in [0.05, 0.1) is 10.9 Å². The molecule has 0 heterocycles. The molecule has 2 aromatic carbocycles. The van der Waals surface area contributed by atoms with Crippen LogP contribution in [0.3, 0.4) is 0 Å². The second-order valence-corrected chi connectivity index (χ2v) is 8.41. The Balaban J connectivity index is 2.25. The van der Waals surface area contributed by atoms with Gasteiger partial charge >= 0.3 is 0 Å². The van der Waals surface area contributed by atoms with Gasteiger partial charge in [-0.15, -0.1) is 0 Å². The van der Waals surface area contributed by atoms with Crippen LogP contribution in [0, 0.1) is 6.92 Å². The molecule has 0 saturated carbocycles. The van der Waals surface area contributed by atoms with Crippen molar-refractivity contribution < 1.29 is 13.2 Å². The molecule has 0 fully saturated rings. The van der Waals surface area contributed by atoms with Gasteiger partial charge in [-0.2, -0.15) is 0 Å². The minimum atomic E-state index is -3.60. The summed E-state index contributed by atoms with van der Waals surface area (Å²) in [5.74, 6) is -0.304. The summed E-state index contributed by atoms with van der Waals surface area (Å²) in [6.07, 6.45) is 0. The van der Waals surface area contributed by atoms with Crippen LogP contribution in [0.25, 0.3) is 0 Å². The van der Waals surface area contributed by atoms with E-state index in [4.69, 9.17) is 0 Å². The third-order valence-corrected chi connectivity index (χ3v) is 5.89. The number of hydrogen-bond donors (Lipinski definition) is 2. The molecule has 0 bridgehead atoms. The highest BCUT2D eigenvalue weighted by Gasteiger charge is 2.18. The van der Waals surface area contributed by atoms with Gasteiger partial charge in [0.1, 0.15) is 0 Å². The molecule has 134 valence electrons. The summed E-state index contributed by atoms with van der Waals surface area (Å²) in [7, 11) is -3.60. The minimum Gasteiger partial charge on any atom is -0.346 e. The van der Waals surface area contributed by atoms with Crippen LogP contribution in [-0.4, -0.2) is 20.9 Å². The number of hydrogen-bond acceptors (Lipinski definition) is 3. The lowest BCUT2D eigenvalue weighted by Crippen LogP contribution is -2.28. The van der Waals surface area contributed by atoms with Gasteiger partial charge in [0.15, 0.2) is 0 Å². The Hall–Kier alpha value is -1.70. The van der Waals surface area contributed by atoms with Gasteiger partial charge in [0.2, 0.25) is 10.0 Å². The Labute approximate surface area is 157 Å². The van der Waals surface area contributed by atoms with E-state index in [2.05, 4.69) is 26.0 Å². The Bertz CT molecular complexity index is 864. The number of carbonyl (C=O) groups excluding carboxylic acids is 1. The second-order valence-electron chi connectivity index (χ2n) is 5.72. The topological polar surface area (TPSA) is 75.3 Å². The standard InChI is InChI=1S/C18H21BrN2O3S/c1-4-20-25(23,24)16-10-5-12(2)17(11-16)18(22)21-13(3)14-6-8-15(19)9-7-14/h5-11,13,20H,4H2,1-3H3,(H,21,22). The number of nitrogens with one attached hydrogen (secondary N) is 2. The van der Waals surface area contributed by atoms with Crippen LogP contribution in [0.4, 0.5) is 0 Å². The molecule has 0 radical (unpaired) electrons. The summed E-state index contributed by atoms with van der Waals surface area (Å²) in [6, 6.07) is 12.0. The smallest absolute Gasteiger partial charge is 0.252 e. The summed E-state index contributed by atoms with van der Waals surface area (Å²) in [5.41, 5.74) is 2.03. The lowest BCUT2D eigenvalue weighted by atomic mass is 10.1. The number of amides is 1. The molecule has 7 heteroatoms.